The Hall–Kier alpha value is -2.35. The minimum atomic E-state index is 1.22. The van der Waals surface area contributed by atoms with E-state index in [1.165, 1.54) is 64.1 Å². The molecule has 0 atom stereocenters. The van der Waals surface area contributed by atoms with Gasteiger partial charge in [-0.2, -0.15) is 4.40 Å². The maximum atomic E-state index is 3.61. The lowest BCUT2D eigenvalue weighted by atomic mass is 9.93. The number of nitrogens with zero attached hydrogens (tertiary/aromatic N) is 1. The van der Waals surface area contributed by atoms with Gasteiger partial charge in [-0.25, -0.2) is 0 Å². The third-order valence-electron chi connectivity index (χ3n) is 4.84. The molecule has 0 saturated heterocycles. The monoisotopic (exact) mass is 273 g/mol. The van der Waals surface area contributed by atoms with Crippen LogP contribution in [-0.2, 0) is 12.8 Å². The van der Waals surface area contributed by atoms with Crippen molar-refractivity contribution in [2.24, 2.45) is 0 Å². The average molecular weight is 273 g/mol. The van der Waals surface area contributed by atoms with Crippen LogP contribution in [0, 0.1) is 0 Å². The lowest BCUT2D eigenvalue weighted by Crippen LogP contribution is -2.24. The molecule has 0 unspecified atom stereocenters. The van der Waals surface area contributed by atoms with Crippen LogP contribution in [0.3, 0.4) is 0 Å². The van der Waals surface area contributed by atoms with Gasteiger partial charge in [-0.1, -0.05) is 18.2 Å². The van der Waals surface area contributed by atoms with E-state index in [9.17, 15) is 0 Å². The fourth-order valence-electron chi connectivity index (χ4n) is 3.76. The molecule has 1 aliphatic rings. The van der Waals surface area contributed by atoms with Gasteiger partial charge in [-0.05, 0) is 37.3 Å². The zero-order chi connectivity index (χ0) is 13.8. The predicted octanol–water partition coefficient (Wildman–Crippen LogP) is 3.94. The maximum Gasteiger partial charge on any atom is 0.235 e. The Balaban J connectivity index is 1.94. The number of aryl methyl sites for hydroxylation is 2. The molecule has 3 aromatic heterocycles. The van der Waals surface area contributed by atoms with Crippen LogP contribution in [0.1, 0.15) is 24.0 Å². The van der Waals surface area contributed by atoms with Crippen molar-refractivity contribution < 1.29 is 4.40 Å². The first-order chi connectivity index (χ1) is 10.4. The summed E-state index contributed by atoms with van der Waals surface area (Å²) >= 11 is 0. The van der Waals surface area contributed by atoms with Crippen molar-refractivity contribution in [3.05, 3.63) is 59.9 Å². The number of fused-ring (bicyclic) bond motifs is 6. The zero-order valence-corrected chi connectivity index (χ0v) is 11.9. The molecule has 0 amide bonds. The molecule has 1 N–H and O–H groups in total. The second-order valence-electron chi connectivity index (χ2n) is 6.10. The second kappa shape index (κ2) is 4.08. The quantitative estimate of drug-likeness (QED) is 0.468. The lowest BCUT2D eigenvalue weighted by Gasteiger charge is -2.13. The van der Waals surface area contributed by atoms with Crippen LogP contribution in [0.5, 0.6) is 0 Å². The summed E-state index contributed by atoms with van der Waals surface area (Å²) in [6.07, 6.45) is 9.63. The highest BCUT2D eigenvalue weighted by molar-refractivity contribution is 6.10. The summed E-state index contributed by atoms with van der Waals surface area (Å²) < 4.78 is 2.28. The molecule has 0 saturated carbocycles. The molecule has 5 rings (SSSR count). The number of aromatic amines is 1. The molecule has 102 valence electrons. The van der Waals surface area contributed by atoms with Crippen LogP contribution in [0.4, 0.5) is 0 Å². The number of rotatable bonds is 0. The number of aromatic nitrogens is 2. The van der Waals surface area contributed by atoms with Crippen LogP contribution < -0.4 is 4.40 Å². The molecule has 1 aromatic carbocycles. The minimum absolute atomic E-state index is 1.22. The maximum absolute atomic E-state index is 3.61. The Labute approximate surface area is 123 Å². The van der Waals surface area contributed by atoms with Gasteiger partial charge in [0.2, 0.25) is 5.52 Å². The van der Waals surface area contributed by atoms with Crippen molar-refractivity contribution in [3.8, 4) is 0 Å². The fraction of sp³-hybridized carbons (Fsp3) is 0.211. The number of pyridine rings is 2. The van der Waals surface area contributed by atoms with Crippen molar-refractivity contribution >= 4 is 27.3 Å². The van der Waals surface area contributed by atoms with Gasteiger partial charge in [0.25, 0.3) is 0 Å². The smallest absolute Gasteiger partial charge is 0.235 e. The molecule has 3 heterocycles. The summed E-state index contributed by atoms with van der Waals surface area (Å²) in [6, 6.07) is 13.2. The highest BCUT2D eigenvalue weighted by Crippen LogP contribution is 2.28. The summed E-state index contributed by atoms with van der Waals surface area (Å²) in [5.41, 5.74) is 6.83. The van der Waals surface area contributed by atoms with E-state index in [2.05, 4.69) is 58.2 Å². The summed E-state index contributed by atoms with van der Waals surface area (Å²) in [6.45, 7) is 0. The molecule has 21 heavy (non-hydrogen) atoms. The van der Waals surface area contributed by atoms with E-state index in [1.807, 2.05) is 0 Å². The van der Waals surface area contributed by atoms with Crippen LogP contribution >= 0.6 is 0 Å². The molecule has 1 aliphatic carbocycles. The van der Waals surface area contributed by atoms with Gasteiger partial charge in [0.1, 0.15) is 5.52 Å². The zero-order valence-electron chi connectivity index (χ0n) is 11.9. The highest BCUT2D eigenvalue weighted by atomic mass is 14.9. The largest absolute Gasteiger partial charge is 0.349 e. The highest BCUT2D eigenvalue weighted by Gasteiger charge is 2.18. The average Bonchev–Trinajstić information content (AvgIpc) is 2.92. The van der Waals surface area contributed by atoms with Gasteiger partial charge >= 0.3 is 0 Å². The van der Waals surface area contributed by atoms with Crippen LogP contribution in [-0.4, -0.2) is 4.98 Å². The van der Waals surface area contributed by atoms with Gasteiger partial charge in [0.15, 0.2) is 12.4 Å². The minimum Gasteiger partial charge on any atom is -0.349 e. The summed E-state index contributed by atoms with van der Waals surface area (Å²) in [7, 11) is 0. The van der Waals surface area contributed by atoms with Gasteiger partial charge in [0.05, 0.1) is 0 Å². The van der Waals surface area contributed by atoms with E-state index in [1.54, 1.807) is 0 Å². The van der Waals surface area contributed by atoms with Gasteiger partial charge in [0, 0.05) is 34.0 Å². The SMILES string of the molecule is c1ccc2c(c1)[nH]c1c2cc[n+]2cc3c(cc12)CCCC3. The van der Waals surface area contributed by atoms with Crippen molar-refractivity contribution in [1.29, 1.82) is 0 Å². The Morgan fingerprint density at radius 1 is 0.905 bits per heavy atom. The first-order valence-corrected chi connectivity index (χ1v) is 7.76. The van der Waals surface area contributed by atoms with E-state index in [-0.39, 0.29) is 0 Å². The van der Waals surface area contributed by atoms with Crippen LogP contribution in [0.25, 0.3) is 27.3 Å². The van der Waals surface area contributed by atoms with Crippen molar-refractivity contribution in [2.45, 2.75) is 25.7 Å². The molecule has 0 radical (unpaired) electrons. The van der Waals surface area contributed by atoms with Crippen LogP contribution in [0.2, 0.25) is 0 Å². The predicted molar refractivity (Wildman–Crippen MR) is 85.6 cm³/mol. The molecule has 4 aromatic rings. The number of benzene rings is 1. The Morgan fingerprint density at radius 3 is 2.71 bits per heavy atom. The summed E-state index contributed by atoms with van der Waals surface area (Å²) in [5.74, 6) is 0. The first kappa shape index (κ1) is 11.3. The van der Waals surface area contributed by atoms with E-state index in [0.717, 1.165) is 0 Å². The third kappa shape index (κ3) is 1.56. The summed E-state index contributed by atoms with van der Waals surface area (Å²) in [5, 5.41) is 2.63. The molecule has 0 bridgehead atoms. The summed E-state index contributed by atoms with van der Waals surface area (Å²) in [4.78, 5) is 3.61. The number of H-pyrrole nitrogens is 1. The van der Waals surface area contributed by atoms with Crippen LogP contribution in [0.15, 0.2) is 48.8 Å². The molecule has 0 aliphatic heterocycles. The van der Waals surface area contributed by atoms with Crippen molar-refractivity contribution in [3.63, 3.8) is 0 Å². The van der Waals surface area contributed by atoms with E-state index in [0.29, 0.717) is 0 Å². The fourth-order valence-corrected chi connectivity index (χ4v) is 3.76. The van der Waals surface area contributed by atoms with Gasteiger partial charge in [-0.15, -0.1) is 0 Å². The second-order valence-corrected chi connectivity index (χ2v) is 6.10. The molecular weight excluding hydrogens is 256 g/mol. The molecule has 0 spiro atoms. The van der Waals surface area contributed by atoms with Gasteiger partial charge in [-0.3, -0.25) is 0 Å². The number of para-hydroxylation sites is 1. The Morgan fingerprint density at radius 2 is 1.76 bits per heavy atom. The number of nitrogens with one attached hydrogen (secondary N) is 1. The Kier molecular flexibility index (Phi) is 2.20. The number of hydrogen-bond acceptors (Lipinski definition) is 0. The number of hydrogen-bond donors (Lipinski definition) is 1. The van der Waals surface area contributed by atoms with Gasteiger partial charge < -0.3 is 4.98 Å². The first-order valence-electron chi connectivity index (χ1n) is 7.76. The van der Waals surface area contributed by atoms with Crippen molar-refractivity contribution in [2.75, 3.05) is 0 Å². The molecule has 0 fully saturated rings. The van der Waals surface area contributed by atoms with Crippen molar-refractivity contribution in [1.82, 2.24) is 4.98 Å². The molecule has 2 heteroatoms. The van der Waals surface area contributed by atoms with E-state index >= 15 is 0 Å². The molecular formula is C19H17N2+. The lowest BCUT2D eigenvalue weighted by molar-refractivity contribution is -0.511. The standard InChI is InChI=1S/C19H16N2/c1-2-6-14-12-21-10-9-16-15-7-3-4-8-17(15)20-19(16)18(21)11-13(14)5-1/h3-4,7-12H,1-2,5-6H2/p+1. The Bertz CT molecular complexity index is 995. The van der Waals surface area contributed by atoms with E-state index in [4.69, 9.17) is 0 Å². The molecule has 2 nitrogen and oxygen atoms in total. The van der Waals surface area contributed by atoms with E-state index < -0.39 is 0 Å². The third-order valence-corrected chi connectivity index (χ3v) is 4.84. The topological polar surface area (TPSA) is 19.9 Å². The normalized spacial score (nSPS) is 14.9.